The lowest BCUT2D eigenvalue weighted by Gasteiger charge is -2.31. The summed E-state index contributed by atoms with van der Waals surface area (Å²) in [6, 6.07) is 0. The number of hydrogen-bond acceptors (Lipinski definition) is 3. The van der Waals surface area contributed by atoms with Crippen LogP contribution in [0.1, 0.15) is 19.8 Å². The van der Waals surface area contributed by atoms with E-state index in [4.69, 9.17) is 4.74 Å². The van der Waals surface area contributed by atoms with E-state index >= 15 is 0 Å². The Morgan fingerprint density at radius 2 is 2.10 bits per heavy atom. The number of aliphatic hydroxyl groups is 1. The first kappa shape index (κ1) is 7.98. The van der Waals surface area contributed by atoms with Crippen LogP contribution in [-0.2, 0) is 4.74 Å². The Morgan fingerprint density at radius 3 is 2.60 bits per heavy atom. The van der Waals surface area contributed by atoms with Crippen molar-refractivity contribution in [2.45, 2.75) is 25.6 Å². The van der Waals surface area contributed by atoms with Crippen molar-refractivity contribution in [2.75, 3.05) is 19.7 Å². The van der Waals surface area contributed by atoms with Crippen LogP contribution in [0, 0.1) is 0 Å². The van der Waals surface area contributed by atoms with Crippen molar-refractivity contribution >= 4 is 0 Å². The highest BCUT2D eigenvalue weighted by Crippen LogP contribution is 2.18. The molecule has 0 aromatic carbocycles. The van der Waals surface area contributed by atoms with E-state index < -0.39 is 5.79 Å². The SMILES string of the molecule is CCOC1(O)CCNCC1. The van der Waals surface area contributed by atoms with Gasteiger partial charge in [-0.3, -0.25) is 0 Å². The highest BCUT2D eigenvalue weighted by molar-refractivity contribution is 4.74. The third kappa shape index (κ3) is 1.94. The molecule has 10 heavy (non-hydrogen) atoms. The lowest BCUT2D eigenvalue weighted by molar-refractivity contribution is -0.213. The quantitative estimate of drug-likeness (QED) is 0.541. The number of ether oxygens (including phenoxy) is 1. The lowest BCUT2D eigenvalue weighted by Crippen LogP contribution is -2.43. The average Bonchev–Trinajstić information content (AvgIpc) is 1.89. The fourth-order valence-electron chi connectivity index (χ4n) is 1.23. The van der Waals surface area contributed by atoms with Crippen LogP contribution in [0.15, 0.2) is 0 Å². The van der Waals surface area contributed by atoms with Gasteiger partial charge >= 0.3 is 0 Å². The van der Waals surface area contributed by atoms with Gasteiger partial charge in [-0.05, 0) is 6.92 Å². The summed E-state index contributed by atoms with van der Waals surface area (Å²) in [6.45, 7) is 4.21. The molecule has 0 saturated carbocycles. The van der Waals surface area contributed by atoms with E-state index in [0.717, 1.165) is 13.1 Å². The zero-order valence-electron chi connectivity index (χ0n) is 6.39. The molecule has 1 aliphatic heterocycles. The zero-order chi connectivity index (χ0) is 7.45. The Labute approximate surface area is 61.4 Å². The number of rotatable bonds is 2. The topological polar surface area (TPSA) is 41.5 Å². The van der Waals surface area contributed by atoms with E-state index in [1.807, 2.05) is 6.92 Å². The smallest absolute Gasteiger partial charge is 0.167 e. The zero-order valence-corrected chi connectivity index (χ0v) is 6.39. The van der Waals surface area contributed by atoms with Gasteiger partial charge in [-0.25, -0.2) is 0 Å². The van der Waals surface area contributed by atoms with E-state index in [1.54, 1.807) is 0 Å². The van der Waals surface area contributed by atoms with Crippen LogP contribution in [0.3, 0.4) is 0 Å². The minimum Gasteiger partial charge on any atom is -0.365 e. The molecule has 0 aromatic heterocycles. The van der Waals surface area contributed by atoms with Crippen LogP contribution in [0.4, 0.5) is 0 Å². The van der Waals surface area contributed by atoms with Gasteiger partial charge in [0.15, 0.2) is 5.79 Å². The van der Waals surface area contributed by atoms with Crippen LogP contribution < -0.4 is 5.32 Å². The molecule has 0 aliphatic carbocycles. The molecule has 1 saturated heterocycles. The average molecular weight is 145 g/mol. The summed E-state index contributed by atoms with van der Waals surface area (Å²) >= 11 is 0. The fourth-order valence-corrected chi connectivity index (χ4v) is 1.23. The number of hydrogen-bond donors (Lipinski definition) is 2. The van der Waals surface area contributed by atoms with E-state index in [9.17, 15) is 5.11 Å². The summed E-state index contributed by atoms with van der Waals surface area (Å²) in [7, 11) is 0. The highest BCUT2D eigenvalue weighted by Gasteiger charge is 2.28. The van der Waals surface area contributed by atoms with Gasteiger partial charge in [0.25, 0.3) is 0 Å². The molecule has 1 heterocycles. The largest absolute Gasteiger partial charge is 0.365 e. The molecule has 0 bridgehead atoms. The normalized spacial score (nSPS) is 24.6. The molecule has 0 atom stereocenters. The molecule has 2 N–H and O–H groups in total. The Morgan fingerprint density at radius 1 is 1.50 bits per heavy atom. The second kappa shape index (κ2) is 3.32. The van der Waals surface area contributed by atoms with Crippen LogP contribution in [0.2, 0.25) is 0 Å². The van der Waals surface area contributed by atoms with Crippen LogP contribution >= 0.6 is 0 Å². The van der Waals surface area contributed by atoms with Gasteiger partial charge in [-0.1, -0.05) is 0 Å². The summed E-state index contributed by atoms with van der Waals surface area (Å²) in [5, 5.41) is 12.8. The molecular formula is C7H15NO2. The van der Waals surface area contributed by atoms with Gasteiger partial charge in [0.05, 0.1) is 0 Å². The van der Waals surface area contributed by atoms with E-state index in [-0.39, 0.29) is 0 Å². The summed E-state index contributed by atoms with van der Waals surface area (Å²) in [5.74, 6) is -0.833. The molecule has 3 nitrogen and oxygen atoms in total. The second-order valence-corrected chi connectivity index (χ2v) is 2.63. The highest BCUT2D eigenvalue weighted by atomic mass is 16.6. The van der Waals surface area contributed by atoms with Gasteiger partial charge < -0.3 is 15.2 Å². The van der Waals surface area contributed by atoms with Gasteiger partial charge in [-0.2, -0.15) is 0 Å². The van der Waals surface area contributed by atoms with E-state index in [2.05, 4.69) is 5.32 Å². The number of nitrogens with one attached hydrogen (secondary N) is 1. The minimum absolute atomic E-state index is 0.594. The van der Waals surface area contributed by atoms with Crippen LogP contribution in [0.25, 0.3) is 0 Å². The second-order valence-electron chi connectivity index (χ2n) is 2.63. The van der Waals surface area contributed by atoms with Gasteiger partial charge in [-0.15, -0.1) is 0 Å². The Kier molecular flexibility index (Phi) is 2.65. The van der Waals surface area contributed by atoms with Crippen LogP contribution in [-0.4, -0.2) is 30.6 Å². The van der Waals surface area contributed by atoms with E-state index in [0.29, 0.717) is 19.4 Å². The predicted octanol–water partition coefficient (Wildman–Crippen LogP) is 0.0949. The van der Waals surface area contributed by atoms with E-state index in [1.165, 1.54) is 0 Å². The van der Waals surface area contributed by atoms with Crippen molar-refractivity contribution in [1.29, 1.82) is 0 Å². The first-order valence-electron chi connectivity index (χ1n) is 3.84. The van der Waals surface area contributed by atoms with Crippen molar-refractivity contribution in [3.05, 3.63) is 0 Å². The molecule has 1 rings (SSSR count). The predicted molar refractivity (Wildman–Crippen MR) is 38.7 cm³/mol. The molecule has 0 amide bonds. The third-order valence-electron chi connectivity index (χ3n) is 1.80. The lowest BCUT2D eigenvalue weighted by atomic mass is 10.1. The molecule has 3 heteroatoms. The first-order valence-corrected chi connectivity index (χ1v) is 3.84. The Bertz CT molecular complexity index is 94.3. The number of piperidine rings is 1. The Hall–Kier alpha value is -0.120. The van der Waals surface area contributed by atoms with Crippen molar-refractivity contribution in [3.8, 4) is 0 Å². The summed E-state index contributed by atoms with van der Waals surface area (Å²) in [5.41, 5.74) is 0. The van der Waals surface area contributed by atoms with Gasteiger partial charge in [0, 0.05) is 32.5 Å². The molecule has 1 aliphatic rings. The molecular weight excluding hydrogens is 130 g/mol. The molecule has 0 unspecified atom stereocenters. The summed E-state index contributed by atoms with van der Waals surface area (Å²) < 4.78 is 5.19. The maximum Gasteiger partial charge on any atom is 0.167 e. The van der Waals surface area contributed by atoms with Gasteiger partial charge in [0.1, 0.15) is 0 Å². The molecule has 0 spiro atoms. The van der Waals surface area contributed by atoms with Crippen LogP contribution in [0.5, 0.6) is 0 Å². The summed E-state index contributed by atoms with van der Waals surface area (Å²) in [6.07, 6.45) is 1.42. The molecule has 0 aromatic rings. The first-order chi connectivity index (χ1) is 4.77. The monoisotopic (exact) mass is 145 g/mol. The third-order valence-corrected chi connectivity index (χ3v) is 1.80. The maximum absolute atomic E-state index is 9.61. The maximum atomic E-state index is 9.61. The van der Waals surface area contributed by atoms with Gasteiger partial charge in [0.2, 0.25) is 0 Å². The van der Waals surface area contributed by atoms with Crippen molar-refractivity contribution in [2.24, 2.45) is 0 Å². The fraction of sp³-hybridized carbons (Fsp3) is 1.00. The molecule has 60 valence electrons. The Balaban J connectivity index is 2.32. The molecule has 0 radical (unpaired) electrons. The summed E-state index contributed by atoms with van der Waals surface area (Å²) in [4.78, 5) is 0. The van der Waals surface area contributed by atoms with Crippen molar-refractivity contribution < 1.29 is 9.84 Å². The van der Waals surface area contributed by atoms with Crippen molar-refractivity contribution in [1.82, 2.24) is 5.32 Å². The minimum atomic E-state index is -0.833. The standard InChI is InChI=1S/C7H15NO2/c1-2-10-7(9)3-5-8-6-4-7/h8-9H,2-6H2,1H3. The van der Waals surface area contributed by atoms with Crippen molar-refractivity contribution in [3.63, 3.8) is 0 Å². The molecule has 1 fully saturated rings.